The van der Waals surface area contributed by atoms with Gasteiger partial charge < -0.3 is 24.3 Å². The van der Waals surface area contributed by atoms with Gasteiger partial charge in [0.1, 0.15) is 17.2 Å². The Kier molecular flexibility index (Phi) is 5.60. The van der Waals surface area contributed by atoms with Gasteiger partial charge in [0, 0.05) is 12.5 Å². The minimum atomic E-state index is -0.589. The lowest BCUT2D eigenvalue weighted by Gasteiger charge is -2.12. The molecule has 0 spiro atoms. The summed E-state index contributed by atoms with van der Waals surface area (Å²) in [6, 6.07) is 9.35. The van der Waals surface area contributed by atoms with Gasteiger partial charge in [0.2, 0.25) is 0 Å². The van der Waals surface area contributed by atoms with E-state index in [1.807, 2.05) is 0 Å². The standard InChI is InChI=1S/C18H18N2O7/c1-24-12-3-5-13(6-4-12)27-11-18(21)19-14-9-16-17(10-15(14)20(22)23)26-8-2-7-25-16/h3-6,9-10H,2,7-8,11H2,1H3,(H,19,21). The molecule has 27 heavy (non-hydrogen) atoms. The van der Waals surface area contributed by atoms with Crippen LogP contribution in [0.5, 0.6) is 23.0 Å². The number of nitrogens with zero attached hydrogens (tertiary/aromatic N) is 1. The molecule has 1 N–H and O–H groups in total. The molecule has 1 heterocycles. The third-order valence-corrected chi connectivity index (χ3v) is 3.77. The number of nitro groups is 1. The third-order valence-electron chi connectivity index (χ3n) is 3.77. The Labute approximate surface area is 154 Å². The minimum absolute atomic E-state index is 0.0209. The van der Waals surface area contributed by atoms with Gasteiger partial charge in [0.05, 0.1) is 31.3 Å². The Balaban J connectivity index is 1.70. The Hall–Kier alpha value is -3.49. The van der Waals surface area contributed by atoms with Crippen molar-refractivity contribution in [3.05, 3.63) is 46.5 Å². The smallest absolute Gasteiger partial charge is 0.296 e. The lowest BCUT2D eigenvalue weighted by molar-refractivity contribution is -0.384. The van der Waals surface area contributed by atoms with Crippen molar-refractivity contribution < 1.29 is 28.7 Å². The average Bonchev–Trinajstić information content (AvgIpc) is 2.91. The monoisotopic (exact) mass is 374 g/mol. The number of hydrogen-bond acceptors (Lipinski definition) is 7. The Morgan fingerprint density at radius 2 is 1.78 bits per heavy atom. The highest BCUT2D eigenvalue weighted by Gasteiger charge is 2.23. The first kappa shape index (κ1) is 18.3. The van der Waals surface area contributed by atoms with Crippen molar-refractivity contribution in [2.24, 2.45) is 0 Å². The van der Waals surface area contributed by atoms with Crippen LogP contribution in [0.4, 0.5) is 11.4 Å². The molecule has 1 aliphatic heterocycles. The van der Waals surface area contributed by atoms with Crippen LogP contribution in [0.15, 0.2) is 36.4 Å². The molecule has 0 fully saturated rings. The molecule has 0 aromatic heterocycles. The predicted molar refractivity (Wildman–Crippen MR) is 95.8 cm³/mol. The maximum absolute atomic E-state index is 12.2. The van der Waals surface area contributed by atoms with Crippen LogP contribution in [-0.2, 0) is 4.79 Å². The van der Waals surface area contributed by atoms with E-state index in [1.54, 1.807) is 31.4 Å². The van der Waals surface area contributed by atoms with Crippen LogP contribution in [0.1, 0.15) is 6.42 Å². The van der Waals surface area contributed by atoms with Crippen molar-refractivity contribution in [2.45, 2.75) is 6.42 Å². The summed E-state index contributed by atoms with van der Waals surface area (Å²) in [5, 5.41) is 13.8. The number of fused-ring (bicyclic) bond motifs is 1. The number of nitro benzene ring substituents is 1. The zero-order chi connectivity index (χ0) is 19.2. The maximum atomic E-state index is 12.2. The minimum Gasteiger partial charge on any atom is -0.497 e. The van der Waals surface area contributed by atoms with Crippen molar-refractivity contribution in [3.63, 3.8) is 0 Å². The second-order valence-corrected chi connectivity index (χ2v) is 5.64. The van der Waals surface area contributed by atoms with Gasteiger partial charge in [0.25, 0.3) is 11.6 Å². The van der Waals surface area contributed by atoms with Gasteiger partial charge in [-0.2, -0.15) is 0 Å². The molecule has 0 saturated heterocycles. The fraction of sp³-hybridized carbons (Fsp3) is 0.278. The average molecular weight is 374 g/mol. The molecule has 0 bridgehead atoms. The van der Waals surface area contributed by atoms with Gasteiger partial charge in [-0.1, -0.05) is 0 Å². The van der Waals surface area contributed by atoms with Crippen LogP contribution in [0.25, 0.3) is 0 Å². The number of carbonyl (C=O) groups is 1. The number of nitrogens with one attached hydrogen (secondary N) is 1. The second-order valence-electron chi connectivity index (χ2n) is 5.64. The molecule has 3 rings (SSSR count). The SMILES string of the molecule is COc1ccc(OCC(=O)Nc2cc3c(cc2[N+](=O)[O-])OCCCO3)cc1. The van der Waals surface area contributed by atoms with Crippen molar-refractivity contribution in [1.29, 1.82) is 0 Å². The van der Waals surface area contributed by atoms with Crippen molar-refractivity contribution in [3.8, 4) is 23.0 Å². The summed E-state index contributed by atoms with van der Waals surface area (Å²) in [5.74, 6) is 1.23. The Bertz CT molecular complexity index is 836. The summed E-state index contributed by atoms with van der Waals surface area (Å²) in [6.07, 6.45) is 0.667. The van der Waals surface area contributed by atoms with E-state index in [0.717, 1.165) is 0 Å². The molecule has 2 aromatic rings. The van der Waals surface area contributed by atoms with E-state index in [2.05, 4.69) is 5.32 Å². The van der Waals surface area contributed by atoms with E-state index in [-0.39, 0.29) is 23.7 Å². The van der Waals surface area contributed by atoms with Crippen LogP contribution >= 0.6 is 0 Å². The molecule has 0 radical (unpaired) electrons. The fourth-order valence-electron chi connectivity index (χ4n) is 2.46. The molecule has 9 nitrogen and oxygen atoms in total. The number of ether oxygens (including phenoxy) is 4. The quantitative estimate of drug-likeness (QED) is 0.611. The fourth-order valence-corrected chi connectivity index (χ4v) is 2.46. The molecule has 1 amide bonds. The predicted octanol–water partition coefficient (Wildman–Crippen LogP) is 2.78. The largest absolute Gasteiger partial charge is 0.497 e. The van der Waals surface area contributed by atoms with Crippen LogP contribution in [0.2, 0.25) is 0 Å². The van der Waals surface area contributed by atoms with Crippen molar-refractivity contribution in [1.82, 2.24) is 0 Å². The summed E-state index contributed by atoms with van der Waals surface area (Å²) in [7, 11) is 1.55. The molecule has 0 saturated carbocycles. The van der Waals surface area contributed by atoms with Gasteiger partial charge >= 0.3 is 0 Å². The van der Waals surface area contributed by atoms with E-state index in [4.69, 9.17) is 18.9 Å². The van der Waals surface area contributed by atoms with Crippen molar-refractivity contribution >= 4 is 17.3 Å². The van der Waals surface area contributed by atoms with E-state index in [1.165, 1.54) is 12.1 Å². The van der Waals surface area contributed by atoms with Crippen LogP contribution in [0, 0.1) is 10.1 Å². The molecular formula is C18H18N2O7. The molecule has 0 atom stereocenters. The third kappa shape index (κ3) is 4.57. The van der Waals surface area contributed by atoms with E-state index in [0.29, 0.717) is 36.9 Å². The normalized spacial score (nSPS) is 12.6. The molecule has 1 aliphatic rings. The topological polar surface area (TPSA) is 109 Å². The van der Waals surface area contributed by atoms with Crippen molar-refractivity contribution in [2.75, 3.05) is 32.2 Å². The lowest BCUT2D eigenvalue weighted by atomic mass is 10.2. The van der Waals surface area contributed by atoms with Crippen LogP contribution in [0.3, 0.4) is 0 Å². The first-order chi connectivity index (χ1) is 13.1. The molecular weight excluding hydrogens is 356 g/mol. The zero-order valence-corrected chi connectivity index (χ0v) is 14.6. The van der Waals surface area contributed by atoms with E-state index in [9.17, 15) is 14.9 Å². The summed E-state index contributed by atoms with van der Waals surface area (Å²) >= 11 is 0. The van der Waals surface area contributed by atoms with Gasteiger partial charge in [-0.15, -0.1) is 0 Å². The zero-order valence-electron chi connectivity index (χ0n) is 14.6. The van der Waals surface area contributed by atoms with Gasteiger partial charge in [-0.3, -0.25) is 14.9 Å². The molecule has 9 heteroatoms. The number of methoxy groups -OCH3 is 1. The molecule has 0 aliphatic carbocycles. The second kappa shape index (κ2) is 8.26. The number of anilines is 1. The number of benzene rings is 2. The number of carbonyl (C=O) groups excluding carboxylic acids is 1. The maximum Gasteiger partial charge on any atom is 0.296 e. The number of rotatable bonds is 6. The highest BCUT2D eigenvalue weighted by molar-refractivity contribution is 5.94. The molecule has 2 aromatic carbocycles. The summed E-state index contributed by atoms with van der Waals surface area (Å²) in [5.41, 5.74) is -0.260. The summed E-state index contributed by atoms with van der Waals surface area (Å²) < 4.78 is 21.4. The Morgan fingerprint density at radius 3 is 2.41 bits per heavy atom. The van der Waals surface area contributed by atoms with E-state index < -0.39 is 10.8 Å². The first-order valence-corrected chi connectivity index (χ1v) is 8.21. The number of hydrogen-bond donors (Lipinski definition) is 1. The van der Waals surface area contributed by atoms with Gasteiger partial charge in [0.15, 0.2) is 18.1 Å². The highest BCUT2D eigenvalue weighted by atomic mass is 16.6. The molecule has 0 unspecified atom stereocenters. The summed E-state index contributed by atoms with van der Waals surface area (Å²) in [4.78, 5) is 22.9. The van der Waals surface area contributed by atoms with Gasteiger partial charge in [-0.25, -0.2) is 0 Å². The van der Waals surface area contributed by atoms with E-state index >= 15 is 0 Å². The Morgan fingerprint density at radius 1 is 1.15 bits per heavy atom. The van der Waals surface area contributed by atoms with Gasteiger partial charge in [-0.05, 0) is 24.3 Å². The van der Waals surface area contributed by atoms with Crippen LogP contribution in [-0.4, -0.2) is 37.8 Å². The van der Waals surface area contributed by atoms with Crippen LogP contribution < -0.4 is 24.3 Å². The highest BCUT2D eigenvalue weighted by Crippen LogP contribution is 2.39. The number of amides is 1. The summed E-state index contributed by atoms with van der Waals surface area (Å²) in [6.45, 7) is 0.530. The molecule has 142 valence electrons. The first-order valence-electron chi connectivity index (χ1n) is 8.21. The lowest BCUT2D eigenvalue weighted by Crippen LogP contribution is -2.20.